The number of benzene rings is 2. The Morgan fingerprint density at radius 1 is 0.980 bits per heavy atom. The van der Waals surface area contributed by atoms with Gasteiger partial charge in [-0.3, -0.25) is 4.79 Å². The summed E-state index contributed by atoms with van der Waals surface area (Å²) in [4.78, 5) is 25.7. The van der Waals surface area contributed by atoms with Gasteiger partial charge in [0.15, 0.2) is 5.82 Å². The third-order valence-corrected chi connectivity index (χ3v) is 8.15. The first-order valence-electron chi connectivity index (χ1n) is 14.0. The summed E-state index contributed by atoms with van der Waals surface area (Å²) in [6.45, 7) is 1.76. The Bertz CT molecular complexity index is 1880. The number of para-hydroxylation sites is 1. The maximum atomic E-state index is 12.1. The fraction of sp³-hybridized carbons (Fsp3) is 0.357. The Morgan fingerprint density at radius 2 is 1.58 bits per heavy atom. The number of ether oxygens (including phenoxy) is 1. The predicted molar refractivity (Wildman–Crippen MR) is 164 cm³/mol. The molecule has 0 bridgehead atoms. The molecule has 0 radical (unpaired) electrons. The zero-order valence-electron chi connectivity index (χ0n) is 28.3. The largest absolute Gasteiger partial charge is 1.00 e. The van der Waals surface area contributed by atoms with Gasteiger partial charge < -0.3 is 34.0 Å². The molecule has 3 aromatic rings. The number of carboxylic acids is 1. The van der Waals surface area contributed by atoms with Crippen molar-refractivity contribution in [1.82, 2.24) is 9.78 Å². The van der Waals surface area contributed by atoms with Crippen LogP contribution in [0.5, 0.6) is 5.75 Å². The Labute approximate surface area is 417 Å². The second-order valence-electron chi connectivity index (χ2n) is 10.1. The number of azo groups is 1. The van der Waals surface area contributed by atoms with Crippen molar-refractivity contribution in [3.63, 3.8) is 0 Å². The normalized spacial score (nSPS) is 11.0. The number of nitrogens with one attached hydrogen (secondary N) is 1. The number of carbonyl (C=O) groups excluding carboxylic acids is 2. The van der Waals surface area contributed by atoms with Gasteiger partial charge in [-0.2, -0.15) is 10.4 Å². The number of nitriles is 1. The summed E-state index contributed by atoms with van der Waals surface area (Å²) in [5.74, 6) is -3.19. The number of aromatic carboxylic acids is 1. The molecular formula is C28H30K3N7O10S2. The first-order valence-corrected chi connectivity index (χ1v) is 17.1. The molecule has 252 valence electrons. The van der Waals surface area contributed by atoms with Crippen molar-refractivity contribution >= 4 is 55.0 Å². The third-order valence-electron chi connectivity index (χ3n) is 6.57. The first-order chi connectivity index (χ1) is 22.1. The van der Waals surface area contributed by atoms with Gasteiger partial charge >= 0.3 is 154 Å². The van der Waals surface area contributed by atoms with Crippen molar-refractivity contribution in [2.45, 2.75) is 32.6 Å². The molecule has 0 aliphatic rings. The van der Waals surface area contributed by atoms with Crippen LogP contribution in [0, 0.1) is 11.3 Å². The fourth-order valence-corrected chi connectivity index (χ4v) is 5.60. The summed E-state index contributed by atoms with van der Waals surface area (Å²) in [7, 11) is -7.52. The third kappa shape index (κ3) is 16.2. The van der Waals surface area contributed by atoms with E-state index in [2.05, 4.69) is 20.6 Å². The van der Waals surface area contributed by atoms with Crippen LogP contribution in [0.15, 0.2) is 52.8 Å². The van der Waals surface area contributed by atoms with Gasteiger partial charge in [0.2, 0.25) is 5.91 Å². The van der Waals surface area contributed by atoms with Gasteiger partial charge in [-0.15, -0.1) is 10.2 Å². The number of nitrogens with zero attached hydrogens (tertiary/aromatic N) is 6. The number of amides is 1. The van der Waals surface area contributed by atoms with Gasteiger partial charge in [-0.05, 0) is 49.9 Å². The van der Waals surface area contributed by atoms with Crippen molar-refractivity contribution in [2.24, 2.45) is 10.2 Å². The monoisotopic (exact) mass is 805 g/mol. The standard InChI is InChI=1S/C28H33N7O10S2.3K/c1-19(36)31-24-16-21(34(12-3-5-14-46(39,40)41)13-4-6-15-47(42,43)44)10-11-23(24)32-33-27-20(17-29)18-30-35(27)26-22(28(37)38)8-7-9-25(26)45-2;;;/h7-11,16,18H,3-6,12-15H2,1-2H3,(H,31,36)(H,37,38)(H,39,40,41)(H,42,43,44);;;/q;3*+1/p-3. The van der Waals surface area contributed by atoms with E-state index in [9.17, 15) is 45.9 Å². The minimum absolute atomic E-state index is 0. The van der Waals surface area contributed by atoms with E-state index in [0.717, 1.165) is 10.9 Å². The Hall–Kier alpha value is 0.00909. The molecule has 1 heterocycles. The van der Waals surface area contributed by atoms with E-state index >= 15 is 0 Å². The molecule has 2 aromatic carbocycles. The molecule has 22 heteroatoms. The number of aromatic nitrogens is 2. The molecule has 50 heavy (non-hydrogen) atoms. The van der Waals surface area contributed by atoms with Crippen LogP contribution in [0.2, 0.25) is 0 Å². The second kappa shape index (κ2) is 23.7. The average molecular weight is 806 g/mol. The van der Waals surface area contributed by atoms with Crippen LogP contribution < -0.4 is 174 Å². The smallest absolute Gasteiger partial charge is 0.748 e. The molecule has 17 nitrogen and oxygen atoms in total. The van der Waals surface area contributed by atoms with Crippen LogP contribution in [0.25, 0.3) is 5.69 Å². The summed E-state index contributed by atoms with van der Waals surface area (Å²) in [5.41, 5.74) is 0.387. The van der Waals surface area contributed by atoms with Gasteiger partial charge in [0.25, 0.3) is 0 Å². The van der Waals surface area contributed by atoms with Gasteiger partial charge in [0, 0.05) is 42.8 Å². The molecule has 0 aliphatic carbocycles. The second-order valence-corrected chi connectivity index (χ2v) is 13.1. The average Bonchev–Trinajstić information content (AvgIpc) is 3.40. The van der Waals surface area contributed by atoms with E-state index in [1.165, 1.54) is 38.3 Å². The zero-order chi connectivity index (χ0) is 34.8. The maximum absolute atomic E-state index is 12.1. The van der Waals surface area contributed by atoms with E-state index in [4.69, 9.17) is 4.74 Å². The number of carbonyl (C=O) groups is 2. The molecule has 0 unspecified atom stereocenters. The van der Waals surface area contributed by atoms with Crippen LogP contribution >= 0.6 is 0 Å². The number of carboxylic acid groups (broad SMARTS) is 1. The van der Waals surface area contributed by atoms with Crippen LogP contribution in [-0.2, 0) is 25.0 Å². The maximum Gasteiger partial charge on any atom is 1.00 e. The Kier molecular flexibility index (Phi) is 23.7. The summed E-state index contributed by atoms with van der Waals surface area (Å²) in [6, 6.07) is 10.7. The number of methoxy groups -OCH3 is 1. The van der Waals surface area contributed by atoms with Gasteiger partial charge in [-0.25, -0.2) is 21.5 Å². The molecule has 3 rings (SSSR count). The molecule has 1 N–H and O–H groups in total. The quantitative estimate of drug-likeness (QED) is 0.0576. The minimum atomic E-state index is -4.42. The van der Waals surface area contributed by atoms with Crippen molar-refractivity contribution in [3.05, 3.63) is 53.7 Å². The SMILES string of the molecule is COc1cccc(C(=O)[O-])c1-n1ncc(C#N)c1N=Nc1ccc(N(CCCCS(=O)(=O)[O-])CCCCS(=O)(=O)[O-])cc1NC(C)=O.[K+].[K+].[K+]. The van der Waals surface area contributed by atoms with E-state index in [1.54, 1.807) is 17.0 Å². The molecule has 1 aromatic heterocycles. The van der Waals surface area contributed by atoms with Crippen molar-refractivity contribution in [3.8, 4) is 17.5 Å². The Morgan fingerprint density at radius 3 is 2.08 bits per heavy atom. The zero-order valence-corrected chi connectivity index (χ0v) is 39.3. The first kappa shape index (κ1) is 50.0. The number of hydrogen-bond acceptors (Lipinski definition) is 15. The predicted octanol–water partition coefficient (Wildman–Crippen LogP) is -7.04. The van der Waals surface area contributed by atoms with Gasteiger partial charge in [0.05, 0.1) is 45.2 Å². The molecule has 0 atom stereocenters. The van der Waals surface area contributed by atoms with Crippen LogP contribution in [-0.4, -0.2) is 79.3 Å². The topological polar surface area (TPSA) is 262 Å². The van der Waals surface area contributed by atoms with E-state index < -0.39 is 43.6 Å². The fourth-order valence-electron chi connectivity index (χ4n) is 4.48. The van der Waals surface area contributed by atoms with Gasteiger partial charge in [-0.1, -0.05) is 12.1 Å². The number of rotatable bonds is 17. The van der Waals surface area contributed by atoms with Crippen molar-refractivity contribution in [2.75, 3.05) is 41.9 Å². The Balaban J connectivity index is 0.00000800. The number of anilines is 2. The van der Waals surface area contributed by atoms with Crippen LogP contribution in [0.1, 0.15) is 48.5 Å². The molecule has 1 amide bonds. The van der Waals surface area contributed by atoms with Crippen LogP contribution in [0.3, 0.4) is 0 Å². The molecule has 0 saturated carbocycles. The summed E-state index contributed by atoms with van der Waals surface area (Å²) in [5, 5.41) is 36.7. The summed E-state index contributed by atoms with van der Waals surface area (Å²) >= 11 is 0. The molecule has 0 fully saturated rings. The minimum Gasteiger partial charge on any atom is -0.748 e. The van der Waals surface area contributed by atoms with Gasteiger partial charge in [0.1, 0.15) is 28.8 Å². The summed E-state index contributed by atoms with van der Waals surface area (Å²) in [6.07, 6.45) is 1.88. The number of unbranched alkanes of at least 4 members (excludes halogenated alkanes) is 2. The van der Waals surface area contributed by atoms with Crippen LogP contribution in [0.4, 0.5) is 22.9 Å². The van der Waals surface area contributed by atoms with E-state index in [0.29, 0.717) is 5.69 Å². The number of hydrogen-bond donors (Lipinski definition) is 1. The molecule has 0 aliphatic heterocycles. The van der Waals surface area contributed by atoms with Crippen molar-refractivity contribution < 1.29 is 200 Å². The molecular weight excluding hydrogens is 776 g/mol. The van der Waals surface area contributed by atoms with E-state index in [1.807, 2.05) is 6.07 Å². The van der Waals surface area contributed by atoms with E-state index in [-0.39, 0.29) is 233 Å². The van der Waals surface area contributed by atoms with Crippen molar-refractivity contribution in [1.29, 1.82) is 5.26 Å². The molecule has 0 saturated heterocycles. The molecule has 0 spiro atoms. The summed E-state index contributed by atoms with van der Waals surface area (Å²) < 4.78 is 72.5.